The molecule has 2 fully saturated rings. The Morgan fingerprint density at radius 3 is 2.61 bits per heavy atom. The van der Waals surface area contributed by atoms with Gasteiger partial charge in [-0.3, -0.25) is 4.79 Å². The van der Waals surface area contributed by atoms with Crippen molar-refractivity contribution in [2.24, 2.45) is 0 Å². The molecule has 23 heavy (non-hydrogen) atoms. The molecule has 126 valence electrons. The van der Waals surface area contributed by atoms with Crippen LogP contribution in [-0.4, -0.2) is 36.6 Å². The Labute approximate surface area is 137 Å². The van der Waals surface area contributed by atoms with E-state index in [4.69, 9.17) is 4.74 Å². The monoisotopic (exact) mass is 319 g/mol. The van der Waals surface area contributed by atoms with Gasteiger partial charge in [0, 0.05) is 19.7 Å². The van der Waals surface area contributed by atoms with Crippen LogP contribution in [-0.2, 0) is 14.9 Å². The van der Waals surface area contributed by atoms with Crippen LogP contribution in [0.5, 0.6) is 0 Å². The Bertz CT molecular complexity index is 546. The molecule has 3 rings (SSSR count). The average molecular weight is 319 g/mol. The quantitative estimate of drug-likeness (QED) is 0.847. The molecule has 1 amide bonds. The molecule has 1 aromatic rings. The highest BCUT2D eigenvalue weighted by Gasteiger charge is 2.45. The molecule has 1 heterocycles. The van der Waals surface area contributed by atoms with Crippen molar-refractivity contribution in [3.63, 3.8) is 0 Å². The van der Waals surface area contributed by atoms with Crippen LogP contribution < -0.4 is 0 Å². The Hall–Kier alpha value is -1.42. The highest BCUT2D eigenvalue weighted by atomic mass is 19.1. The maximum absolute atomic E-state index is 13.7. The maximum Gasteiger partial charge on any atom is 0.233 e. The van der Waals surface area contributed by atoms with Gasteiger partial charge in [-0.2, -0.15) is 0 Å². The number of piperidine rings is 1. The molecule has 0 bridgehead atoms. The van der Waals surface area contributed by atoms with Gasteiger partial charge in [-0.05, 0) is 50.3 Å². The van der Waals surface area contributed by atoms with E-state index in [1.807, 2.05) is 17.9 Å². The predicted octanol–water partition coefficient (Wildman–Crippen LogP) is 3.67. The summed E-state index contributed by atoms with van der Waals surface area (Å²) in [4.78, 5) is 15.2. The van der Waals surface area contributed by atoms with Crippen molar-refractivity contribution < 1.29 is 13.9 Å². The van der Waals surface area contributed by atoms with Crippen molar-refractivity contribution in [2.45, 2.75) is 57.0 Å². The lowest BCUT2D eigenvalue weighted by molar-refractivity contribution is -0.140. The van der Waals surface area contributed by atoms with Gasteiger partial charge in [0.1, 0.15) is 5.82 Å². The van der Waals surface area contributed by atoms with Gasteiger partial charge in [0.2, 0.25) is 5.91 Å². The van der Waals surface area contributed by atoms with Crippen molar-refractivity contribution in [1.82, 2.24) is 4.90 Å². The lowest BCUT2D eigenvalue weighted by Crippen LogP contribution is -2.49. The normalized spacial score (nSPS) is 21.6. The number of rotatable bonds is 4. The summed E-state index contributed by atoms with van der Waals surface area (Å²) in [5.41, 5.74) is 0.340. The Balaban J connectivity index is 1.78. The smallest absolute Gasteiger partial charge is 0.233 e. The van der Waals surface area contributed by atoms with Crippen molar-refractivity contribution in [3.8, 4) is 0 Å². The van der Waals surface area contributed by atoms with E-state index in [0.717, 1.165) is 63.8 Å². The summed E-state index contributed by atoms with van der Waals surface area (Å²) in [6.45, 7) is 4.24. The zero-order chi connectivity index (χ0) is 16.3. The van der Waals surface area contributed by atoms with E-state index in [9.17, 15) is 9.18 Å². The molecular weight excluding hydrogens is 293 g/mol. The Morgan fingerprint density at radius 1 is 1.30 bits per heavy atom. The summed E-state index contributed by atoms with van der Waals surface area (Å²) < 4.78 is 19.4. The van der Waals surface area contributed by atoms with Gasteiger partial charge < -0.3 is 9.64 Å². The Kier molecular flexibility index (Phi) is 5.00. The van der Waals surface area contributed by atoms with E-state index in [-0.39, 0.29) is 17.8 Å². The minimum absolute atomic E-state index is 0.190. The van der Waals surface area contributed by atoms with Crippen LogP contribution in [0, 0.1) is 5.82 Å². The summed E-state index contributed by atoms with van der Waals surface area (Å²) in [6.07, 6.45) is 5.83. The number of hydrogen-bond acceptors (Lipinski definition) is 2. The first-order valence-corrected chi connectivity index (χ1v) is 8.83. The number of amides is 1. The molecule has 0 atom stereocenters. The third-order valence-corrected chi connectivity index (χ3v) is 5.38. The van der Waals surface area contributed by atoms with E-state index in [1.54, 1.807) is 12.1 Å². The number of nitrogens with zero attached hydrogens (tertiary/aromatic N) is 1. The zero-order valence-corrected chi connectivity index (χ0v) is 13.9. The van der Waals surface area contributed by atoms with Gasteiger partial charge >= 0.3 is 0 Å². The topological polar surface area (TPSA) is 29.5 Å². The summed E-state index contributed by atoms with van der Waals surface area (Å²) >= 11 is 0. The lowest BCUT2D eigenvalue weighted by Gasteiger charge is -2.38. The number of hydrogen-bond donors (Lipinski definition) is 0. The second kappa shape index (κ2) is 7.00. The lowest BCUT2D eigenvalue weighted by atomic mass is 9.77. The van der Waals surface area contributed by atoms with Gasteiger partial charge in [0.15, 0.2) is 0 Å². The third kappa shape index (κ3) is 3.27. The SMILES string of the molecule is CCOC1CCN(C(=O)C2(c3cccc(F)c3)CCCC2)CC1. The van der Waals surface area contributed by atoms with Gasteiger partial charge in [-0.15, -0.1) is 0 Å². The molecule has 4 heteroatoms. The fourth-order valence-corrected chi connectivity index (χ4v) is 4.15. The van der Waals surface area contributed by atoms with Crippen LogP contribution in [0.4, 0.5) is 4.39 Å². The van der Waals surface area contributed by atoms with Crippen molar-refractivity contribution in [1.29, 1.82) is 0 Å². The highest BCUT2D eigenvalue weighted by molar-refractivity contribution is 5.88. The molecule has 0 unspecified atom stereocenters. The number of carbonyl (C=O) groups is 1. The summed E-state index contributed by atoms with van der Waals surface area (Å²) in [7, 11) is 0. The minimum Gasteiger partial charge on any atom is -0.378 e. The van der Waals surface area contributed by atoms with Crippen molar-refractivity contribution in [3.05, 3.63) is 35.6 Å². The number of benzene rings is 1. The molecule has 3 nitrogen and oxygen atoms in total. The van der Waals surface area contributed by atoms with E-state index in [2.05, 4.69) is 0 Å². The highest BCUT2D eigenvalue weighted by Crippen LogP contribution is 2.43. The largest absolute Gasteiger partial charge is 0.378 e. The van der Waals surface area contributed by atoms with E-state index < -0.39 is 5.41 Å². The molecule has 2 aliphatic rings. The number of halogens is 1. The van der Waals surface area contributed by atoms with Crippen LogP contribution in [0.3, 0.4) is 0 Å². The van der Waals surface area contributed by atoms with E-state index in [0.29, 0.717) is 0 Å². The summed E-state index contributed by atoms with van der Waals surface area (Å²) in [5, 5.41) is 0. The summed E-state index contributed by atoms with van der Waals surface area (Å²) in [5.74, 6) is -0.0628. The van der Waals surface area contributed by atoms with Gasteiger partial charge in [-0.1, -0.05) is 25.0 Å². The van der Waals surface area contributed by atoms with Gasteiger partial charge in [-0.25, -0.2) is 4.39 Å². The van der Waals surface area contributed by atoms with E-state index in [1.165, 1.54) is 6.07 Å². The van der Waals surface area contributed by atoms with Crippen LogP contribution in [0.25, 0.3) is 0 Å². The third-order valence-electron chi connectivity index (χ3n) is 5.38. The molecule has 0 aromatic heterocycles. The fraction of sp³-hybridized carbons (Fsp3) is 0.632. The first-order chi connectivity index (χ1) is 11.2. The van der Waals surface area contributed by atoms with Crippen molar-refractivity contribution >= 4 is 5.91 Å². The standard InChI is InChI=1S/C19H26FNO2/c1-2-23-17-8-12-21(13-9-17)18(22)19(10-3-4-11-19)15-6-5-7-16(20)14-15/h5-7,14,17H,2-4,8-13H2,1H3. The molecule has 1 aromatic carbocycles. The maximum atomic E-state index is 13.7. The molecule has 0 N–H and O–H groups in total. The first-order valence-electron chi connectivity index (χ1n) is 8.83. The second-order valence-electron chi connectivity index (χ2n) is 6.75. The zero-order valence-electron chi connectivity index (χ0n) is 13.9. The number of likely N-dealkylation sites (tertiary alicyclic amines) is 1. The molecular formula is C19H26FNO2. The van der Waals surface area contributed by atoms with Gasteiger partial charge in [0.05, 0.1) is 11.5 Å². The van der Waals surface area contributed by atoms with Crippen LogP contribution in [0.15, 0.2) is 24.3 Å². The number of carbonyl (C=O) groups excluding carboxylic acids is 1. The second-order valence-corrected chi connectivity index (χ2v) is 6.75. The van der Waals surface area contributed by atoms with Crippen molar-refractivity contribution in [2.75, 3.05) is 19.7 Å². The average Bonchev–Trinajstić information content (AvgIpc) is 3.06. The molecule has 1 aliphatic carbocycles. The molecule has 0 spiro atoms. The van der Waals surface area contributed by atoms with E-state index >= 15 is 0 Å². The van der Waals surface area contributed by atoms with Gasteiger partial charge in [0.25, 0.3) is 0 Å². The number of ether oxygens (including phenoxy) is 1. The fourth-order valence-electron chi connectivity index (χ4n) is 4.15. The summed E-state index contributed by atoms with van der Waals surface area (Å²) in [6, 6.07) is 6.64. The molecule has 0 radical (unpaired) electrons. The van der Waals surface area contributed by atoms with Crippen LogP contribution in [0.1, 0.15) is 51.0 Å². The minimum atomic E-state index is -0.513. The van der Waals surface area contributed by atoms with Crippen LogP contribution in [0.2, 0.25) is 0 Å². The molecule has 1 aliphatic heterocycles. The molecule has 1 saturated carbocycles. The molecule has 1 saturated heterocycles. The van der Waals surface area contributed by atoms with Crippen LogP contribution >= 0.6 is 0 Å². The predicted molar refractivity (Wildman–Crippen MR) is 87.8 cm³/mol. The Morgan fingerprint density at radius 2 is 2.00 bits per heavy atom. The first kappa shape index (κ1) is 16.4.